The third-order valence-electron chi connectivity index (χ3n) is 3.07. The minimum atomic E-state index is -4.35. The Morgan fingerprint density at radius 1 is 1.00 bits per heavy atom. The molecule has 5 nitrogen and oxygen atoms in total. The van der Waals surface area contributed by atoms with E-state index in [0.29, 0.717) is 11.3 Å². The highest BCUT2D eigenvalue weighted by Crippen LogP contribution is 2.32. The molecule has 1 N–H and O–H groups in total. The molecule has 6 heteroatoms. The summed E-state index contributed by atoms with van der Waals surface area (Å²) in [5.74, 6) is -0.291. The predicted molar refractivity (Wildman–Crippen MR) is 76.0 cm³/mol. The first-order chi connectivity index (χ1) is 9.95. The lowest BCUT2D eigenvalue weighted by atomic mass is 10.1. The normalized spacial score (nSPS) is 15.9. The fourth-order valence-electron chi connectivity index (χ4n) is 2.09. The van der Waals surface area contributed by atoms with Gasteiger partial charge in [-0.2, -0.15) is 8.42 Å². The molecule has 1 heterocycles. The first-order valence-corrected chi connectivity index (χ1v) is 7.50. The van der Waals surface area contributed by atoms with Crippen LogP contribution in [0.25, 0.3) is 11.8 Å². The van der Waals surface area contributed by atoms with Gasteiger partial charge in [0.2, 0.25) is 0 Å². The Labute approximate surface area is 121 Å². The summed E-state index contributed by atoms with van der Waals surface area (Å²) < 4.78 is 36.4. The van der Waals surface area contributed by atoms with Crippen molar-refractivity contribution in [1.82, 2.24) is 0 Å². The van der Waals surface area contributed by atoms with Crippen LogP contribution in [0.2, 0.25) is 0 Å². The number of rotatable bonds is 2. The molecule has 2 aromatic rings. The van der Waals surface area contributed by atoms with Crippen molar-refractivity contribution < 1.29 is 22.5 Å². The van der Waals surface area contributed by atoms with E-state index in [-0.39, 0.29) is 10.5 Å². The minimum absolute atomic E-state index is 0.118. The Kier molecular flexibility index (Phi) is 3.12. The highest BCUT2D eigenvalue weighted by atomic mass is 32.2. The summed E-state index contributed by atoms with van der Waals surface area (Å²) in [5, 5.41) is 0. The molecule has 0 spiro atoms. The number of carbonyl (C=O) groups is 1. The molecule has 2 aromatic carbocycles. The van der Waals surface area contributed by atoms with Crippen molar-refractivity contribution in [1.29, 1.82) is 0 Å². The molecule has 0 atom stereocenters. The van der Waals surface area contributed by atoms with E-state index in [2.05, 4.69) is 0 Å². The summed E-state index contributed by atoms with van der Waals surface area (Å²) in [6.45, 7) is 0. The zero-order chi connectivity index (χ0) is 15.0. The molecule has 21 heavy (non-hydrogen) atoms. The summed E-state index contributed by atoms with van der Waals surface area (Å²) in [7, 11) is -4.35. The summed E-state index contributed by atoms with van der Waals surface area (Å²) in [6, 6.07) is 13.1. The summed E-state index contributed by atoms with van der Waals surface area (Å²) in [6.07, 6.45) is 1.69. The smallest absolute Gasteiger partial charge is 0.344 e. The summed E-state index contributed by atoms with van der Waals surface area (Å²) in [4.78, 5) is 11.5. The van der Waals surface area contributed by atoms with E-state index in [1.165, 1.54) is 12.1 Å². The fourth-order valence-corrected chi connectivity index (χ4v) is 2.59. The van der Waals surface area contributed by atoms with Crippen LogP contribution in [0.3, 0.4) is 0 Å². The van der Waals surface area contributed by atoms with Gasteiger partial charge in [-0.25, -0.2) is 4.79 Å². The molecule has 0 aromatic heterocycles. The lowest BCUT2D eigenvalue weighted by Gasteiger charge is -2.00. The van der Waals surface area contributed by atoms with E-state index >= 15 is 0 Å². The van der Waals surface area contributed by atoms with Crippen molar-refractivity contribution in [3.8, 4) is 0 Å². The van der Waals surface area contributed by atoms with Crippen molar-refractivity contribution in [3.63, 3.8) is 0 Å². The third-order valence-corrected chi connectivity index (χ3v) is 3.92. The third kappa shape index (κ3) is 2.58. The molecule has 0 radical (unpaired) electrons. The van der Waals surface area contributed by atoms with Gasteiger partial charge in [0.25, 0.3) is 10.1 Å². The topological polar surface area (TPSA) is 80.7 Å². The molecule has 0 amide bonds. The van der Waals surface area contributed by atoms with Gasteiger partial charge in [0, 0.05) is 5.56 Å². The first-order valence-electron chi connectivity index (χ1n) is 6.06. The molecule has 0 saturated carbocycles. The van der Waals surface area contributed by atoms with Gasteiger partial charge in [0.1, 0.15) is 5.76 Å². The van der Waals surface area contributed by atoms with Crippen molar-refractivity contribution >= 4 is 27.9 Å². The maximum atomic E-state index is 11.8. The second-order valence-corrected chi connectivity index (χ2v) is 5.91. The Hall–Kier alpha value is -2.44. The number of cyclic esters (lactones) is 1. The second kappa shape index (κ2) is 4.83. The van der Waals surface area contributed by atoms with E-state index in [4.69, 9.17) is 9.29 Å². The van der Waals surface area contributed by atoms with Crippen LogP contribution in [0.4, 0.5) is 0 Å². The van der Waals surface area contributed by atoms with E-state index in [1.54, 1.807) is 6.08 Å². The van der Waals surface area contributed by atoms with E-state index in [0.717, 1.165) is 11.6 Å². The van der Waals surface area contributed by atoms with Crippen LogP contribution in [0.15, 0.2) is 53.4 Å². The molecule has 0 unspecified atom stereocenters. The maximum Gasteiger partial charge on any atom is 0.344 e. The van der Waals surface area contributed by atoms with Crippen LogP contribution in [0, 0.1) is 0 Å². The zero-order valence-corrected chi connectivity index (χ0v) is 11.5. The van der Waals surface area contributed by atoms with Crippen LogP contribution in [-0.2, 0) is 14.9 Å². The number of benzene rings is 2. The molecule has 0 saturated heterocycles. The number of ether oxygens (including phenoxy) is 1. The van der Waals surface area contributed by atoms with Gasteiger partial charge in [-0.05, 0) is 29.8 Å². The number of hydrogen-bond acceptors (Lipinski definition) is 4. The molecule has 1 aliphatic heterocycles. The minimum Gasteiger partial charge on any atom is -0.422 e. The van der Waals surface area contributed by atoms with Crippen LogP contribution in [-0.4, -0.2) is 18.9 Å². The Morgan fingerprint density at radius 2 is 1.71 bits per heavy atom. The van der Waals surface area contributed by atoms with Crippen molar-refractivity contribution in [3.05, 3.63) is 65.2 Å². The Morgan fingerprint density at radius 3 is 2.38 bits per heavy atom. The molecular formula is C15H10O5S. The molecule has 0 aliphatic carbocycles. The quantitative estimate of drug-likeness (QED) is 0.681. The lowest BCUT2D eigenvalue weighted by molar-refractivity contribution is 0.0717. The largest absolute Gasteiger partial charge is 0.422 e. The number of esters is 1. The van der Waals surface area contributed by atoms with Crippen molar-refractivity contribution in [2.75, 3.05) is 0 Å². The van der Waals surface area contributed by atoms with Crippen LogP contribution in [0.5, 0.6) is 0 Å². The molecule has 1 aliphatic rings. The number of hydrogen-bond donors (Lipinski definition) is 1. The molecule has 0 fully saturated rings. The summed E-state index contributed by atoms with van der Waals surface area (Å²) >= 11 is 0. The second-order valence-electron chi connectivity index (χ2n) is 4.49. The Balaban J connectivity index is 2.10. The van der Waals surface area contributed by atoms with Crippen LogP contribution < -0.4 is 0 Å². The molecule has 106 valence electrons. The predicted octanol–water partition coefficient (Wildman–Crippen LogP) is 2.60. The van der Waals surface area contributed by atoms with E-state index in [1.807, 2.05) is 30.3 Å². The zero-order valence-electron chi connectivity index (χ0n) is 10.7. The Bertz CT molecular complexity index is 851. The fraction of sp³-hybridized carbons (Fsp3) is 0. The number of carbonyl (C=O) groups excluding carboxylic acids is 1. The maximum absolute atomic E-state index is 11.8. The van der Waals surface area contributed by atoms with Gasteiger partial charge < -0.3 is 4.74 Å². The highest BCUT2D eigenvalue weighted by Gasteiger charge is 2.28. The van der Waals surface area contributed by atoms with Gasteiger partial charge in [-0.15, -0.1) is 0 Å². The van der Waals surface area contributed by atoms with Crippen LogP contribution in [0.1, 0.15) is 21.5 Å². The SMILES string of the molecule is O=C1OC(=Cc2ccccc2)c2ccc(S(=O)(=O)O)cc21. The molecule has 3 rings (SSSR count). The van der Waals surface area contributed by atoms with E-state index < -0.39 is 16.1 Å². The van der Waals surface area contributed by atoms with Crippen molar-refractivity contribution in [2.24, 2.45) is 0 Å². The van der Waals surface area contributed by atoms with Gasteiger partial charge in [-0.1, -0.05) is 30.3 Å². The highest BCUT2D eigenvalue weighted by molar-refractivity contribution is 7.85. The average molecular weight is 302 g/mol. The molecule has 0 bridgehead atoms. The number of fused-ring (bicyclic) bond motifs is 1. The molecular weight excluding hydrogens is 292 g/mol. The first kappa shape index (κ1) is 13.5. The standard InChI is InChI=1S/C15H10O5S/c16-15-13-9-11(21(17,18)19)6-7-12(13)14(20-15)8-10-4-2-1-3-5-10/h1-9H,(H,17,18,19). The van der Waals surface area contributed by atoms with Crippen molar-refractivity contribution in [2.45, 2.75) is 4.90 Å². The van der Waals surface area contributed by atoms with Gasteiger partial charge in [0.15, 0.2) is 0 Å². The average Bonchev–Trinajstić information content (AvgIpc) is 2.75. The van der Waals surface area contributed by atoms with Gasteiger partial charge in [-0.3, -0.25) is 4.55 Å². The summed E-state index contributed by atoms with van der Waals surface area (Å²) in [5.41, 5.74) is 1.47. The van der Waals surface area contributed by atoms with Gasteiger partial charge >= 0.3 is 5.97 Å². The van der Waals surface area contributed by atoms with Gasteiger partial charge in [0.05, 0.1) is 10.5 Å². The lowest BCUT2D eigenvalue weighted by Crippen LogP contribution is -2.01. The van der Waals surface area contributed by atoms with E-state index in [9.17, 15) is 13.2 Å². The van der Waals surface area contributed by atoms with Crippen LogP contribution >= 0.6 is 0 Å². The monoisotopic (exact) mass is 302 g/mol.